The third-order valence-corrected chi connectivity index (χ3v) is 7.04. The average molecular weight is 347 g/mol. The highest BCUT2D eigenvalue weighted by Gasteiger charge is 2.44. The number of pyridine rings is 1. The lowest BCUT2D eigenvalue weighted by atomic mass is 10.2. The molecule has 1 saturated heterocycles. The third kappa shape index (κ3) is 1.98. The van der Waals surface area contributed by atoms with Crippen molar-refractivity contribution in [2.24, 2.45) is 0 Å². The predicted molar refractivity (Wildman–Crippen MR) is 91.9 cm³/mol. The van der Waals surface area contributed by atoms with E-state index in [0.29, 0.717) is 28.6 Å². The third-order valence-electron chi connectivity index (χ3n) is 4.94. The van der Waals surface area contributed by atoms with Crippen LogP contribution in [-0.4, -0.2) is 42.3 Å². The Morgan fingerprint density at radius 2 is 2.12 bits per heavy atom. The van der Waals surface area contributed by atoms with Crippen LogP contribution in [0.4, 0.5) is 11.5 Å². The van der Waals surface area contributed by atoms with Crippen LogP contribution in [0.3, 0.4) is 0 Å². The Bertz CT molecular complexity index is 905. The van der Waals surface area contributed by atoms with Crippen LogP contribution < -0.4 is 9.21 Å². The van der Waals surface area contributed by atoms with E-state index in [2.05, 4.69) is 15.0 Å². The number of nitrogens with zero attached hydrogens (tertiary/aromatic N) is 5. The predicted octanol–water partition coefficient (Wildman–Crippen LogP) is 1.70. The zero-order valence-electron chi connectivity index (χ0n) is 14.1. The summed E-state index contributed by atoms with van der Waals surface area (Å²) in [7, 11) is -3.70. The molecule has 0 saturated carbocycles. The van der Waals surface area contributed by atoms with Crippen molar-refractivity contribution in [1.82, 2.24) is 14.8 Å². The summed E-state index contributed by atoms with van der Waals surface area (Å²) in [4.78, 5) is 6.93. The summed E-state index contributed by atoms with van der Waals surface area (Å²) in [5.74, 6) is 0.536. The van der Waals surface area contributed by atoms with Crippen molar-refractivity contribution in [1.29, 1.82) is 0 Å². The lowest BCUT2D eigenvalue weighted by Crippen LogP contribution is -2.46. The maximum atomic E-state index is 13.5. The fourth-order valence-corrected chi connectivity index (χ4v) is 5.92. The summed E-state index contributed by atoms with van der Waals surface area (Å²) >= 11 is 0. The topological polar surface area (TPSA) is 71.3 Å². The summed E-state index contributed by atoms with van der Waals surface area (Å²) in [6.45, 7) is 7.77. The minimum Gasteiger partial charge on any atom is -0.366 e. The molecule has 1 fully saturated rings. The van der Waals surface area contributed by atoms with Gasteiger partial charge in [0.15, 0.2) is 5.82 Å². The lowest BCUT2D eigenvalue weighted by Gasteiger charge is -2.36. The van der Waals surface area contributed by atoms with Crippen LogP contribution in [0.25, 0.3) is 0 Å². The molecule has 0 spiro atoms. The number of aromatic nitrogens is 3. The first-order valence-electron chi connectivity index (χ1n) is 8.23. The molecule has 0 N–H and O–H groups in total. The SMILES string of the molecule is CCn1nc(C)c(S(=O)(=O)N2c3ncccc3N3CCC2C3)c1C. The molecule has 0 aromatic carbocycles. The van der Waals surface area contributed by atoms with Crippen LogP contribution in [0.2, 0.25) is 0 Å². The van der Waals surface area contributed by atoms with Gasteiger partial charge in [-0.15, -0.1) is 0 Å². The summed E-state index contributed by atoms with van der Waals surface area (Å²) in [6.07, 6.45) is 2.47. The molecule has 1 unspecified atom stereocenters. The second-order valence-corrected chi connectivity index (χ2v) is 8.10. The largest absolute Gasteiger partial charge is 0.366 e. The summed E-state index contributed by atoms with van der Waals surface area (Å²) in [6, 6.07) is 3.73. The Morgan fingerprint density at radius 1 is 1.33 bits per heavy atom. The highest BCUT2D eigenvalue weighted by atomic mass is 32.2. The monoisotopic (exact) mass is 347 g/mol. The molecule has 4 rings (SSSR count). The van der Waals surface area contributed by atoms with Crippen molar-refractivity contribution in [3.05, 3.63) is 29.7 Å². The quantitative estimate of drug-likeness (QED) is 0.845. The smallest absolute Gasteiger partial charge is 0.269 e. The van der Waals surface area contributed by atoms with Crippen molar-refractivity contribution in [2.75, 3.05) is 22.3 Å². The van der Waals surface area contributed by atoms with E-state index >= 15 is 0 Å². The zero-order chi connectivity index (χ0) is 17.1. The molecule has 8 heteroatoms. The van der Waals surface area contributed by atoms with Gasteiger partial charge in [0, 0.05) is 25.8 Å². The van der Waals surface area contributed by atoms with Gasteiger partial charge in [0.1, 0.15) is 4.90 Å². The van der Waals surface area contributed by atoms with Gasteiger partial charge in [-0.1, -0.05) is 0 Å². The van der Waals surface area contributed by atoms with E-state index in [1.165, 1.54) is 4.31 Å². The number of rotatable bonds is 3. The van der Waals surface area contributed by atoms with Gasteiger partial charge < -0.3 is 4.90 Å². The number of hydrogen-bond donors (Lipinski definition) is 0. The minimum absolute atomic E-state index is 0.0684. The molecule has 2 bridgehead atoms. The highest BCUT2D eigenvalue weighted by molar-refractivity contribution is 7.93. The molecule has 7 nitrogen and oxygen atoms in total. The average Bonchev–Trinajstić information content (AvgIpc) is 3.09. The molecule has 0 radical (unpaired) electrons. The molecule has 0 amide bonds. The summed E-state index contributed by atoms with van der Waals surface area (Å²) in [5, 5.41) is 4.39. The molecule has 24 heavy (non-hydrogen) atoms. The number of fused-ring (bicyclic) bond motifs is 4. The van der Waals surface area contributed by atoms with Crippen LogP contribution in [0.1, 0.15) is 24.7 Å². The highest BCUT2D eigenvalue weighted by Crippen LogP contribution is 2.42. The Labute approximate surface area is 142 Å². The van der Waals surface area contributed by atoms with Gasteiger partial charge in [0.05, 0.1) is 23.1 Å². The molecule has 128 valence electrons. The Morgan fingerprint density at radius 3 is 2.83 bits per heavy atom. The van der Waals surface area contributed by atoms with Crippen molar-refractivity contribution < 1.29 is 8.42 Å². The summed E-state index contributed by atoms with van der Waals surface area (Å²) < 4.78 is 30.3. The molecule has 2 aliphatic rings. The van der Waals surface area contributed by atoms with E-state index in [9.17, 15) is 8.42 Å². The van der Waals surface area contributed by atoms with Crippen LogP contribution >= 0.6 is 0 Å². The van der Waals surface area contributed by atoms with Crippen molar-refractivity contribution >= 4 is 21.5 Å². The van der Waals surface area contributed by atoms with Gasteiger partial charge in [0.2, 0.25) is 0 Å². The van der Waals surface area contributed by atoms with E-state index < -0.39 is 10.0 Å². The molecule has 2 aromatic rings. The number of hydrogen-bond acceptors (Lipinski definition) is 5. The van der Waals surface area contributed by atoms with Crippen LogP contribution in [-0.2, 0) is 16.6 Å². The standard InChI is InChI=1S/C16H21N5O2S/c1-4-20-12(3)15(11(2)18-20)24(22,23)21-13-7-9-19(10-13)14-6-5-8-17-16(14)21/h5-6,8,13H,4,7,9-10H2,1-3H3. The first kappa shape index (κ1) is 15.4. The number of aryl methyl sites for hydroxylation is 2. The summed E-state index contributed by atoms with van der Waals surface area (Å²) in [5.41, 5.74) is 2.13. The zero-order valence-corrected chi connectivity index (χ0v) is 14.9. The van der Waals surface area contributed by atoms with Crippen LogP contribution in [0.5, 0.6) is 0 Å². The Hall–Kier alpha value is -2.09. The molecular formula is C16H21N5O2S. The van der Waals surface area contributed by atoms with E-state index in [1.54, 1.807) is 17.8 Å². The first-order chi connectivity index (χ1) is 11.4. The number of anilines is 2. The number of sulfonamides is 1. The van der Waals surface area contributed by atoms with Gasteiger partial charge in [0.25, 0.3) is 10.0 Å². The van der Waals surface area contributed by atoms with E-state index in [0.717, 1.165) is 25.2 Å². The Balaban J connectivity index is 1.91. The van der Waals surface area contributed by atoms with E-state index in [4.69, 9.17) is 0 Å². The second kappa shape index (κ2) is 5.20. The van der Waals surface area contributed by atoms with Gasteiger partial charge in [-0.2, -0.15) is 5.10 Å². The Kier molecular flexibility index (Phi) is 3.35. The van der Waals surface area contributed by atoms with E-state index in [-0.39, 0.29) is 6.04 Å². The van der Waals surface area contributed by atoms with Gasteiger partial charge >= 0.3 is 0 Å². The van der Waals surface area contributed by atoms with Crippen LogP contribution in [0.15, 0.2) is 23.2 Å². The maximum Gasteiger partial charge on any atom is 0.269 e. The fourth-order valence-electron chi connectivity index (χ4n) is 3.90. The maximum absolute atomic E-state index is 13.5. The van der Waals surface area contributed by atoms with Gasteiger partial charge in [-0.3, -0.25) is 4.68 Å². The molecule has 0 aliphatic carbocycles. The molecular weight excluding hydrogens is 326 g/mol. The van der Waals surface area contributed by atoms with Gasteiger partial charge in [-0.05, 0) is 39.3 Å². The van der Waals surface area contributed by atoms with E-state index in [1.807, 2.05) is 26.0 Å². The second-order valence-electron chi connectivity index (χ2n) is 6.35. The van der Waals surface area contributed by atoms with Crippen LogP contribution in [0, 0.1) is 13.8 Å². The van der Waals surface area contributed by atoms with Crippen molar-refractivity contribution in [3.63, 3.8) is 0 Å². The molecule has 1 atom stereocenters. The molecule has 2 aromatic heterocycles. The first-order valence-corrected chi connectivity index (χ1v) is 9.67. The normalized spacial score (nSPS) is 19.7. The minimum atomic E-state index is -3.70. The fraction of sp³-hybridized carbons (Fsp3) is 0.500. The lowest BCUT2D eigenvalue weighted by molar-refractivity contribution is 0.575. The van der Waals surface area contributed by atoms with Gasteiger partial charge in [-0.25, -0.2) is 17.7 Å². The van der Waals surface area contributed by atoms with Crippen molar-refractivity contribution in [2.45, 2.75) is 44.7 Å². The molecule has 2 aliphatic heterocycles. The molecule has 4 heterocycles. The van der Waals surface area contributed by atoms with Crippen molar-refractivity contribution in [3.8, 4) is 0 Å².